The molecule has 0 aliphatic rings. The van der Waals surface area contributed by atoms with Gasteiger partial charge in [0.25, 0.3) is 5.91 Å². The van der Waals surface area contributed by atoms with Gasteiger partial charge in [-0.15, -0.1) is 11.3 Å². The lowest BCUT2D eigenvalue weighted by Gasteiger charge is -2.09. The van der Waals surface area contributed by atoms with E-state index in [-0.39, 0.29) is 5.91 Å². The number of nitrogens with one attached hydrogen (secondary N) is 1. The van der Waals surface area contributed by atoms with Gasteiger partial charge < -0.3 is 5.32 Å². The molecule has 0 saturated heterocycles. The van der Waals surface area contributed by atoms with E-state index in [1.807, 2.05) is 23.6 Å². The number of hydrogen-bond acceptors (Lipinski definition) is 3. The van der Waals surface area contributed by atoms with E-state index < -0.39 is 6.04 Å². The molecule has 17 heavy (non-hydrogen) atoms. The highest BCUT2D eigenvalue weighted by atomic mass is 32.1. The molecule has 0 saturated carbocycles. The Morgan fingerprint density at radius 2 is 2.00 bits per heavy atom. The first-order valence-corrected chi connectivity index (χ1v) is 5.98. The highest BCUT2D eigenvalue weighted by molar-refractivity contribution is 7.10. The first-order valence-electron chi connectivity index (χ1n) is 5.10. The molecule has 1 aromatic heterocycles. The molecule has 84 valence electrons. The van der Waals surface area contributed by atoms with Crippen LogP contribution in [0.3, 0.4) is 0 Å². The average molecular weight is 242 g/mol. The molecular formula is C13H10N2OS. The van der Waals surface area contributed by atoms with Crippen LogP contribution >= 0.6 is 11.3 Å². The summed E-state index contributed by atoms with van der Waals surface area (Å²) in [6, 6.07) is 14.1. The van der Waals surface area contributed by atoms with Crippen LogP contribution in [0.2, 0.25) is 0 Å². The van der Waals surface area contributed by atoms with E-state index in [4.69, 9.17) is 5.26 Å². The lowest BCUT2D eigenvalue weighted by atomic mass is 10.2. The van der Waals surface area contributed by atoms with Crippen molar-refractivity contribution in [1.29, 1.82) is 5.26 Å². The molecule has 0 aliphatic carbocycles. The molecule has 1 heterocycles. The van der Waals surface area contributed by atoms with Crippen LogP contribution in [-0.2, 0) is 0 Å². The largest absolute Gasteiger partial charge is 0.332 e. The highest BCUT2D eigenvalue weighted by Gasteiger charge is 2.15. The molecule has 1 amide bonds. The number of nitriles is 1. The van der Waals surface area contributed by atoms with Gasteiger partial charge in [0, 0.05) is 10.4 Å². The number of hydrogen-bond donors (Lipinski definition) is 1. The number of amides is 1. The molecule has 0 fully saturated rings. The van der Waals surface area contributed by atoms with Gasteiger partial charge in [-0.3, -0.25) is 4.79 Å². The number of carbonyl (C=O) groups excluding carboxylic acids is 1. The maximum absolute atomic E-state index is 11.9. The van der Waals surface area contributed by atoms with Gasteiger partial charge in [0.1, 0.15) is 0 Å². The predicted octanol–water partition coefficient (Wildman–Crippen LogP) is 2.74. The molecule has 1 aromatic carbocycles. The topological polar surface area (TPSA) is 52.9 Å². The maximum atomic E-state index is 11.9. The molecule has 0 radical (unpaired) electrons. The van der Waals surface area contributed by atoms with Crippen LogP contribution in [0.15, 0.2) is 47.8 Å². The molecule has 4 heteroatoms. The van der Waals surface area contributed by atoms with Crippen LogP contribution in [0.5, 0.6) is 0 Å². The van der Waals surface area contributed by atoms with Crippen LogP contribution in [0, 0.1) is 11.3 Å². The Balaban J connectivity index is 2.11. The second-order valence-electron chi connectivity index (χ2n) is 3.42. The van der Waals surface area contributed by atoms with E-state index in [1.54, 1.807) is 24.3 Å². The summed E-state index contributed by atoms with van der Waals surface area (Å²) in [5, 5.41) is 13.6. The third kappa shape index (κ3) is 2.71. The number of benzene rings is 1. The van der Waals surface area contributed by atoms with Crippen molar-refractivity contribution in [2.75, 3.05) is 0 Å². The summed E-state index contributed by atoms with van der Waals surface area (Å²) in [5.41, 5.74) is 0.560. The molecule has 1 atom stereocenters. The Labute approximate surface area is 103 Å². The fourth-order valence-electron chi connectivity index (χ4n) is 1.43. The summed E-state index contributed by atoms with van der Waals surface area (Å²) in [6.07, 6.45) is 0. The van der Waals surface area contributed by atoms with Gasteiger partial charge in [0.2, 0.25) is 0 Å². The first kappa shape index (κ1) is 11.4. The third-order valence-corrected chi connectivity index (χ3v) is 3.21. The van der Waals surface area contributed by atoms with Gasteiger partial charge in [-0.2, -0.15) is 5.26 Å². The van der Waals surface area contributed by atoms with E-state index in [0.29, 0.717) is 5.56 Å². The quantitative estimate of drug-likeness (QED) is 0.899. The van der Waals surface area contributed by atoms with E-state index in [2.05, 4.69) is 11.4 Å². The van der Waals surface area contributed by atoms with Crippen LogP contribution in [-0.4, -0.2) is 5.91 Å². The van der Waals surface area contributed by atoms with Crippen molar-refractivity contribution >= 4 is 17.2 Å². The Kier molecular flexibility index (Phi) is 3.53. The van der Waals surface area contributed by atoms with E-state index in [1.165, 1.54) is 11.3 Å². The van der Waals surface area contributed by atoms with Gasteiger partial charge in [0.05, 0.1) is 6.07 Å². The molecule has 0 aliphatic heterocycles. The zero-order valence-electron chi connectivity index (χ0n) is 8.96. The summed E-state index contributed by atoms with van der Waals surface area (Å²) in [6.45, 7) is 0. The zero-order chi connectivity index (χ0) is 12.1. The smallest absolute Gasteiger partial charge is 0.252 e. The predicted molar refractivity (Wildman–Crippen MR) is 66.6 cm³/mol. The number of thiophene rings is 1. The van der Waals surface area contributed by atoms with Gasteiger partial charge in [0.15, 0.2) is 6.04 Å². The van der Waals surface area contributed by atoms with E-state index >= 15 is 0 Å². The summed E-state index contributed by atoms with van der Waals surface area (Å²) < 4.78 is 0. The fraction of sp³-hybridized carbons (Fsp3) is 0.0769. The number of carbonyl (C=O) groups is 1. The van der Waals surface area contributed by atoms with Crippen LogP contribution in [0.1, 0.15) is 21.3 Å². The fourth-order valence-corrected chi connectivity index (χ4v) is 2.15. The average Bonchev–Trinajstić information content (AvgIpc) is 2.90. The van der Waals surface area contributed by atoms with Gasteiger partial charge in [-0.05, 0) is 23.6 Å². The SMILES string of the molecule is N#CC(NC(=O)c1ccccc1)c1cccs1. The Morgan fingerprint density at radius 3 is 2.59 bits per heavy atom. The van der Waals surface area contributed by atoms with Crippen LogP contribution in [0.4, 0.5) is 0 Å². The minimum atomic E-state index is -0.581. The second kappa shape index (κ2) is 5.28. The van der Waals surface area contributed by atoms with E-state index in [0.717, 1.165) is 4.88 Å². The Morgan fingerprint density at radius 1 is 1.24 bits per heavy atom. The van der Waals surface area contributed by atoms with Crippen LogP contribution in [0.25, 0.3) is 0 Å². The Bertz CT molecular complexity index is 528. The van der Waals surface area contributed by atoms with Gasteiger partial charge in [-0.1, -0.05) is 24.3 Å². The summed E-state index contributed by atoms with van der Waals surface area (Å²) in [4.78, 5) is 12.7. The molecular weight excluding hydrogens is 232 g/mol. The number of rotatable bonds is 3. The minimum Gasteiger partial charge on any atom is -0.332 e. The van der Waals surface area contributed by atoms with Crippen molar-refractivity contribution in [3.63, 3.8) is 0 Å². The van der Waals surface area contributed by atoms with Crippen molar-refractivity contribution in [2.24, 2.45) is 0 Å². The summed E-state index contributed by atoms with van der Waals surface area (Å²) in [7, 11) is 0. The van der Waals surface area contributed by atoms with Crippen molar-refractivity contribution in [3.8, 4) is 6.07 Å². The molecule has 2 rings (SSSR count). The minimum absolute atomic E-state index is 0.231. The summed E-state index contributed by atoms with van der Waals surface area (Å²) >= 11 is 1.46. The second-order valence-corrected chi connectivity index (χ2v) is 4.40. The standard InChI is InChI=1S/C13H10N2OS/c14-9-11(12-7-4-8-17-12)15-13(16)10-5-2-1-3-6-10/h1-8,11H,(H,15,16). The van der Waals surface area contributed by atoms with Crippen molar-refractivity contribution in [3.05, 3.63) is 58.3 Å². The Hall–Kier alpha value is -2.12. The number of nitrogens with zero attached hydrogens (tertiary/aromatic N) is 1. The van der Waals surface area contributed by atoms with Crippen molar-refractivity contribution in [2.45, 2.75) is 6.04 Å². The first-order chi connectivity index (χ1) is 8.31. The third-order valence-electron chi connectivity index (χ3n) is 2.27. The molecule has 2 aromatic rings. The lowest BCUT2D eigenvalue weighted by molar-refractivity contribution is 0.0945. The highest BCUT2D eigenvalue weighted by Crippen LogP contribution is 2.18. The van der Waals surface area contributed by atoms with E-state index in [9.17, 15) is 4.79 Å². The van der Waals surface area contributed by atoms with Crippen LogP contribution < -0.4 is 5.32 Å². The van der Waals surface area contributed by atoms with Crippen molar-refractivity contribution < 1.29 is 4.79 Å². The summed E-state index contributed by atoms with van der Waals surface area (Å²) in [5.74, 6) is -0.231. The lowest BCUT2D eigenvalue weighted by Crippen LogP contribution is -2.26. The molecule has 1 N–H and O–H groups in total. The maximum Gasteiger partial charge on any atom is 0.252 e. The molecule has 0 bridgehead atoms. The molecule has 1 unspecified atom stereocenters. The molecule has 3 nitrogen and oxygen atoms in total. The van der Waals surface area contributed by atoms with Gasteiger partial charge >= 0.3 is 0 Å². The van der Waals surface area contributed by atoms with Gasteiger partial charge in [-0.25, -0.2) is 0 Å². The monoisotopic (exact) mass is 242 g/mol. The molecule has 0 spiro atoms. The zero-order valence-corrected chi connectivity index (χ0v) is 9.78. The van der Waals surface area contributed by atoms with Crippen molar-refractivity contribution in [1.82, 2.24) is 5.32 Å². The normalized spacial score (nSPS) is 11.5.